The second-order valence-corrected chi connectivity index (χ2v) is 7.17. The molecular weight excluding hydrogens is 358 g/mol. The van der Waals surface area contributed by atoms with E-state index in [1.165, 1.54) is 11.3 Å². The third-order valence-electron chi connectivity index (χ3n) is 4.05. The van der Waals surface area contributed by atoms with Gasteiger partial charge in [-0.25, -0.2) is 4.98 Å². The monoisotopic (exact) mass is 373 g/mol. The lowest BCUT2D eigenvalue weighted by Crippen LogP contribution is -2.36. The molecule has 1 saturated heterocycles. The van der Waals surface area contributed by atoms with Crippen LogP contribution in [0.4, 0.5) is 11.4 Å². The first-order valence-electron chi connectivity index (χ1n) is 8.00. The molecule has 5 nitrogen and oxygen atoms in total. The van der Waals surface area contributed by atoms with Gasteiger partial charge in [-0.2, -0.15) is 0 Å². The van der Waals surface area contributed by atoms with Gasteiger partial charge in [0.25, 0.3) is 5.91 Å². The van der Waals surface area contributed by atoms with Gasteiger partial charge in [0, 0.05) is 18.1 Å². The first-order chi connectivity index (χ1) is 12.2. The molecule has 0 aliphatic carbocycles. The average Bonchev–Trinajstić information content (AvgIpc) is 3.06. The molecule has 2 aromatic carbocycles. The van der Waals surface area contributed by atoms with Crippen LogP contribution in [0.1, 0.15) is 9.80 Å². The third kappa shape index (κ3) is 3.46. The van der Waals surface area contributed by atoms with Gasteiger partial charge in [0.1, 0.15) is 0 Å². The van der Waals surface area contributed by atoms with Crippen molar-refractivity contribution in [2.45, 2.75) is 0 Å². The highest BCUT2D eigenvalue weighted by atomic mass is 35.5. The highest BCUT2D eigenvalue weighted by molar-refractivity contribution is 7.20. The molecule has 0 bridgehead atoms. The molecule has 3 aromatic rings. The summed E-state index contributed by atoms with van der Waals surface area (Å²) in [6.07, 6.45) is 0. The number of benzene rings is 2. The lowest BCUT2D eigenvalue weighted by atomic mass is 10.2. The summed E-state index contributed by atoms with van der Waals surface area (Å²) >= 11 is 7.35. The first-order valence-corrected chi connectivity index (χ1v) is 9.19. The Hall–Kier alpha value is -2.15. The molecule has 0 saturated carbocycles. The van der Waals surface area contributed by atoms with Crippen molar-refractivity contribution in [3.05, 3.63) is 52.5 Å². The maximum atomic E-state index is 12.7. The molecule has 2 heterocycles. The van der Waals surface area contributed by atoms with Gasteiger partial charge >= 0.3 is 0 Å². The van der Waals surface area contributed by atoms with Crippen LogP contribution in [0.25, 0.3) is 10.2 Å². The number of rotatable bonds is 3. The van der Waals surface area contributed by atoms with Crippen LogP contribution in [0.15, 0.2) is 42.5 Å². The summed E-state index contributed by atoms with van der Waals surface area (Å²) in [5.74, 6) is -0.210. The number of thiazole rings is 1. The van der Waals surface area contributed by atoms with E-state index in [2.05, 4.69) is 15.2 Å². The zero-order chi connectivity index (χ0) is 17.2. The number of nitrogens with zero attached hydrogens (tertiary/aromatic N) is 2. The van der Waals surface area contributed by atoms with Gasteiger partial charge < -0.3 is 15.0 Å². The van der Waals surface area contributed by atoms with Crippen LogP contribution in [0.3, 0.4) is 0 Å². The molecular formula is C18H16ClN3O2S. The number of halogens is 1. The Bertz CT molecular complexity index is 922. The minimum atomic E-state index is -0.210. The van der Waals surface area contributed by atoms with Gasteiger partial charge in [0.15, 0.2) is 5.01 Å². The second-order valence-electron chi connectivity index (χ2n) is 5.70. The van der Waals surface area contributed by atoms with Gasteiger partial charge in [-0.3, -0.25) is 4.79 Å². The molecule has 0 atom stereocenters. The van der Waals surface area contributed by atoms with Crippen molar-refractivity contribution >= 4 is 50.4 Å². The molecule has 1 N–H and O–H groups in total. The molecule has 1 fully saturated rings. The molecule has 1 aromatic heterocycles. The van der Waals surface area contributed by atoms with Crippen LogP contribution in [0.2, 0.25) is 5.02 Å². The van der Waals surface area contributed by atoms with E-state index >= 15 is 0 Å². The SMILES string of the molecule is O=C(Nc1ccccc1N1CCOCC1)c1nc2cc(Cl)ccc2s1. The van der Waals surface area contributed by atoms with Gasteiger partial charge in [0.2, 0.25) is 0 Å². The van der Waals surface area contributed by atoms with Crippen molar-refractivity contribution in [3.8, 4) is 0 Å². The molecule has 4 rings (SSSR count). The fraction of sp³-hybridized carbons (Fsp3) is 0.222. The number of hydrogen-bond donors (Lipinski definition) is 1. The van der Waals surface area contributed by atoms with Crippen molar-refractivity contribution in [3.63, 3.8) is 0 Å². The predicted octanol–water partition coefficient (Wildman–Crippen LogP) is 4.04. The molecule has 1 amide bonds. The van der Waals surface area contributed by atoms with E-state index in [4.69, 9.17) is 16.3 Å². The minimum Gasteiger partial charge on any atom is -0.378 e. The number of morpholine rings is 1. The van der Waals surface area contributed by atoms with Gasteiger partial charge in [-0.15, -0.1) is 11.3 Å². The molecule has 25 heavy (non-hydrogen) atoms. The largest absolute Gasteiger partial charge is 0.378 e. The Morgan fingerprint density at radius 2 is 2.00 bits per heavy atom. The normalized spacial score (nSPS) is 14.7. The number of aromatic nitrogens is 1. The first kappa shape index (κ1) is 16.3. The van der Waals surface area contributed by atoms with E-state index in [9.17, 15) is 4.79 Å². The van der Waals surface area contributed by atoms with Crippen molar-refractivity contribution < 1.29 is 9.53 Å². The fourth-order valence-corrected chi connectivity index (χ4v) is 3.84. The van der Waals surface area contributed by atoms with E-state index < -0.39 is 0 Å². The zero-order valence-corrected chi connectivity index (χ0v) is 14.9. The van der Waals surface area contributed by atoms with Crippen LogP contribution < -0.4 is 10.2 Å². The Kier molecular flexibility index (Phi) is 4.57. The van der Waals surface area contributed by atoms with Crippen molar-refractivity contribution in [2.75, 3.05) is 36.5 Å². The number of nitrogens with one attached hydrogen (secondary N) is 1. The zero-order valence-electron chi connectivity index (χ0n) is 13.4. The van der Waals surface area contributed by atoms with E-state index in [0.29, 0.717) is 23.2 Å². The fourth-order valence-electron chi connectivity index (χ4n) is 2.83. The van der Waals surface area contributed by atoms with Crippen LogP contribution in [0.5, 0.6) is 0 Å². The maximum absolute atomic E-state index is 12.7. The van der Waals surface area contributed by atoms with Crippen LogP contribution in [-0.4, -0.2) is 37.2 Å². The predicted molar refractivity (Wildman–Crippen MR) is 102 cm³/mol. The number of fused-ring (bicyclic) bond motifs is 1. The van der Waals surface area contributed by atoms with Gasteiger partial charge in [-0.1, -0.05) is 23.7 Å². The average molecular weight is 374 g/mol. The summed E-state index contributed by atoms with van der Waals surface area (Å²) in [4.78, 5) is 19.3. The highest BCUT2D eigenvalue weighted by Crippen LogP contribution is 2.29. The molecule has 7 heteroatoms. The maximum Gasteiger partial charge on any atom is 0.284 e. The molecule has 1 aliphatic rings. The Morgan fingerprint density at radius 1 is 1.20 bits per heavy atom. The Morgan fingerprint density at radius 3 is 2.84 bits per heavy atom. The lowest BCUT2D eigenvalue weighted by molar-refractivity contribution is 0.102. The number of hydrogen-bond acceptors (Lipinski definition) is 5. The number of ether oxygens (including phenoxy) is 1. The lowest BCUT2D eigenvalue weighted by Gasteiger charge is -2.30. The standard InChI is InChI=1S/C18H16ClN3O2S/c19-12-5-6-16-14(11-12)21-18(25-16)17(23)20-13-3-1-2-4-15(13)22-7-9-24-10-8-22/h1-6,11H,7-10H2,(H,20,23). The second kappa shape index (κ2) is 7.00. The molecule has 0 unspecified atom stereocenters. The van der Waals surface area contributed by atoms with Gasteiger partial charge in [-0.05, 0) is 30.3 Å². The van der Waals surface area contributed by atoms with Gasteiger partial charge in [0.05, 0.1) is 34.8 Å². The van der Waals surface area contributed by atoms with Crippen molar-refractivity contribution in [1.82, 2.24) is 4.98 Å². The summed E-state index contributed by atoms with van der Waals surface area (Å²) in [5, 5.41) is 4.03. The summed E-state index contributed by atoms with van der Waals surface area (Å²) in [6, 6.07) is 13.3. The van der Waals surface area contributed by atoms with E-state index in [0.717, 1.165) is 34.7 Å². The van der Waals surface area contributed by atoms with Crippen molar-refractivity contribution in [1.29, 1.82) is 0 Å². The van der Waals surface area contributed by atoms with Crippen LogP contribution >= 0.6 is 22.9 Å². The summed E-state index contributed by atoms with van der Waals surface area (Å²) in [6.45, 7) is 3.01. The van der Waals surface area contributed by atoms with Crippen molar-refractivity contribution in [2.24, 2.45) is 0 Å². The van der Waals surface area contributed by atoms with E-state index in [1.54, 1.807) is 12.1 Å². The smallest absolute Gasteiger partial charge is 0.284 e. The Balaban J connectivity index is 1.59. The van der Waals surface area contributed by atoms with E-state index in [1.807, 2.05) is 30.3 Å². The number of para-hydroxylation sites is 2. The van der Waals surface area contributed by atoms with Crippen LogP contribution in [0, 0.1) is 0 Å². The molecule has 0 spiro atoms. The highest BCUT2D eigenvalue weighted by Gasteiger charge is 2.18. The minimum absolute atomic E-state index is 0.210. The molecule has 128 valence electrons. The summed E-state index contributed by atoms with van der Waals surface area (Å²) in [7, 11) is 0. The van der Waals surface area contributed by atoms with Crippen LogP contribution in [-0.2, 0) is 4.74 Å². The quantitative estimate of drug-likeness (QED) is 0.752. The molecule has 0 radical (unpaired) electrons. The molecule has 1 aliphatic heterocycles. The number of carbonyl (C=O) groups is 1. The summed E-state index contributed by atoms with van der Waals surface area (Å²) in [5.41, 5.74) is 2.53. The van der Waals surface area contributed by atoms with E-state index in [-0.39, 0.29) is 5.91 Å². The third-order valence-corrected chi connectivity index (χ3v) is 5.32. The number of carbonyl (C=O) groups excluding carboxylic acids is 1. The number of amides is 1. The Labute approximate surface area is 154 Å². The summed E-state index contributed by atoms with van der Waals surface area (Å²) < 4.78 is 6.35. The topological polar surface area (TPSA) is 54.5 Å². The number of anilines is 2.